The SMILES string of the molecule is Cc1cc(C)nc(SCC(=O)N/N=C\c2ccc(OCC(=O)Nc3ccccc3)c(Br)c2)n1. The summed E-state index contributed by atoms with van der Waals surface area (Å²) in [6.45, 7) is 3.65. The number of rotatable bonds is 9. The molecule has 2 amide bonds. The molecular formula is C23H22BrN5O3S. The Morgan fingerprint density at radius 3 is 2.48 bits per heavy atom. The molecule has 0 bridgehead atoms. The third-order valence-electron chi connectivity index (χ3n) is 4.07. The fraction of sp³-hybridized carbons (Fsp3) is 0.174. The second kappa shape index (κ2) is 12.1. The van der Waals surface area contributed by atoms with Crippen LogP contribution < -0.4 is 15.5 Å². The lowest BCUT2D eigenvalue weighted by atomic mass is 10.2. The smallest absolute Gasteiger partial charge is 0.262 e. The number of carbonyl (C=O) groups is 2. The molecule has 1 heterocycles. The Morgan fingerprint density at radius 1 is 1.06 bits per heavy atom. The molecule has 0 aliphatic heterocycles. The number of amides is 2. The van der Waals surface area contributed by atoms with E-state index in [0.717, 1.165) is 17.0 Å². The van der Waals surface area contributed by atoms with E-state index in [4.69, 9.17) is 4.74 Å². The van der Waals surface area contributed by atoms with Gasteiger partial charge in [0.15, 0.2) is 11.8 Å². The second-order valence-corrected chi connectivity index (χ2v) is 8.70. The van der Waals surface area contributed by atoms with Crippen molar-refractivity contribution in [1.29, 1.82) is 0 Å². The van der Waals surface area contributed by atoms with Crippen molar-refractivity contribution in [2.45, 2.75) is 19.0 Å². The Morgan fingerprint density at radius 2 is 1.79 bits per heavy atom. The maximum Gasteiger partial charge on any atom is 0.262 e. The molecule has 170 valence electrons. The minimum absolute atomic E-state index is 0.126. The molecule has 2 aromatic carbocycles. The van der Waals surface area contributed by atoms with E-state index in [0.29, 0.717) is 21.1 Å². The molecule has 1 aromatic heterocycles. The molecule has 2 N–H and O–H groups in total. The predicted molar refractivity (Wildman–Crippen MR) is 133 cm³/mol. The van der Waals surface area contributed by atoms with Gasteiger partial charge in [0.05, 0.1) is 16.4 Å². The van der Waals surface area contributed by atoms with Gasteiger partial charge in [-0.1, -0.05) is 30.0 Å². The molecule has 0 radical (unpaired) electrons. The van der Waals surface area contributed by atoms with E-state index in [1.165, 1.54) is 18.0 Å². The molecule has 0 aliphatic rings. The van der Waals surface area contributed by atoms with Crippen molar-refractivity contribution >= 4 is 51.4 Å². The average Bonchev–Trinajstić information content (AvgIpc) is 2.77. The van der Waals surface area contributed by atoms with Crippen LogP contribution in [-0.2, 0) is 9.59 Å². The first kappa shape index (κ1) is 24.4. The van der Waals surface area contributed by atoms with E-state index in [1.807, 2.05) is 38.1 Å². The third-order valence-corrected chi connectivity index (χ3v) is 5.54. The number of thioether (sulfide) groups is 1. The lowest BCUT2D eigenvalue weighted by Gasteiger charge is -2.09. The van der Waals surface area contributed by atoms with E-state index >= 15 is 0 Å². The Labute approximate surface area is 204 Å². The molecule has 0 fully saturated rings. The van der Waals surface area contributed by atoms with Gasteiger partial charge in [-0.3, -0.25) is 9.59 Å². The van der Waals surface area contributed by atoms with Gasteiger partial charge >= 0.3 is 0 Å². The van der Waals surface area contributed by atoms with Crippen LogP contribution in [0.2, 0.25) is 0 Å². The molecule has 0 saturated carbocycles. The Bertz CT molecular complexity index is 1140. The van der Waals surface area contributed by atoms with E-state index < -0.39 is 0 Å². The lowest BCUT2D eigenvalue weighted by Crippen LogP contribution is -2.20. The van der Waals surface area contributed by atoms with Crippen molar-refractivity contribution in [3.63, 3.8) is 0 Å². The van der Waals surface area contributed by atoms with Gasteiger partial charge in [-0.25, -0.2) is 15.4 Å². The molecule has 10 heteroatoms. The topological polar surface area (TPSA) is 106 Å². The van der Waals surface area contributed by atoms with Gasteiger partial charge in [-0.05, 0) is 71.7 Å². The highest BCUT2D eigenvalue weighted by Crippen LogP contribution is 2.25. The number of carbonyl (C=O) groups excluding carboxylic acids is 2. The Kier molecular flexibility index (Phi) is 8.96. The van der Waals surface area contributed by atoms with E-state index in [-0.39, 0.29) is 24.2 Å². The van der Waals surface area contributed by atoms with Gasteiger partial charge < -0.3 is 10.1 Å². The molecule has 0 aliphatic carbocycles. The molecule has 0 unspecified atom stereocenters. The molecule has 3 rings (SSSR count). The van der Waals surface area contributed by atoms with Crippen LogP contribution in [-0.4, -0.2) is 40.4 Å². The Balaban J connectivity index is 1.45. The molecule has 33 heavy (non-hydrogen) atoms. The van der Waals surface area contributed by atoms with Crippen molar-refractivity contribution in [1.82, 2.24) is 15.4 Å². The summed E-state index contributed by atoms with van der Waals surface area (Å²) in [5.41, 5.74) is 5.65. The summed E-state index contributed by atoms with van der Waals surface area (Å²) in [4.78, 5) is 32.6. The number of aromatic nitrogens is 2. The normalized spacial score (nSPS) is 10.8. The van der Waals surface area contributed by atoms with Crippen LogP contribution >= 0.6 is 27.7 Å². The van der Waals surface area contributed by atoms with Gasteiger partial charge in [-0.15, -0.1) is 0 Å². The molecule has 0 saturated heterocycles. The summed E-state index contributed by atoms with van der Waals surface area (Å²) >= 11 is 4.68. The number of nitrogens with one attached hydrogen (secondary N) is 2. The standard InChI is InChI=1S/C23H22BrN5O3S/c1-15-10-16(2)27-23(26-15)33-14-22(31)29-25-12-17-8-9-20(19(24)11-17)32-13-21(30)28-18-6-4-3-5-7-18/h3-12H,13-14H2,1-2H3,(H,28,30)(H,29,31)/b25-12-. The zero-order valence-corrected chi connectivity index (χ0v) is 20.4. The third kappa shape index (κ3) is 8.32. The minimum Gasteiger partial charge on any atom is -0.483 e. The van der Waals surface area contributed by atoms with Gasteiger partial charge in [0.2, 0.25) is 0 Å². The summed E-state index contributed by atoms with van der Waals surface area (Å²) in [5, 5.41) is 7.29. The highest BCUT2D eigenvalue weighted by molar-refractivity contribution is 9.10. The number of hydrogen-bond donors (Lipinski definition) is 2. The zero-order chi connectivity index (χ0) is 23.6. The van der Waals surface area contributed by atoms with Gasteiger partial charge in [0.25, 0.3) is 11.8 Å². The van der Waals surface area contributed by atoms with Crippen LogP contribution in [0.1, 0.15) is 17.0 Å². The Hall–Kier alpha value is -3.24. The number of hydrazone groups is 1. The summed E-state index contributed by atoms with van der Waals surface area (Å²) in [6, 6.07) is 16.3. The number of halogens is 1. The average molecular weight is 528 g/mol. The number of benzene rings is 2. The maximum atomic E-state index is 12.0. The highest BCUT2D eigenvalue weighted by atomic mass is 79.9. The highest BCUT2D eigenvalue weighted by Gasteiger charge is 2.08. The summed E-state index contributed by atoms with van der Waals surface area (Å²) < 4.78 is 6.23. The molecular weight excluding hydrogens is 506 g/mol. The van der Waals surface area contributed by atoms with Crippen LogP contribution in [0, 0.1) is 13.8 Å². The van der Waals surface area contributed by atoms with Crippen molar-refractivity contribution in [3.05, 3.63) is 76.0 Å². The van der Waals surface area contributed by atoms with Crippen molar-refractivity contribution in [3.8, 4) is 5.75 Å². The monoisotopic (exact) mass is 527 g/mol. The lowest BCUT2D eigenvalue weighted by molar-refractivity contribution is -0.119. The van der Waals surface area contributed by atoms with Crippen LogP contribution in [0.3, 0.4) is 0 Å². The van der Waals surface area contributed by atoms with E-state index in [1.54, 1.807) is 30.3 Å². The number of nitrogens with zero attached hydrogens (tertiary/aromatic N) is 3. The molecule has 0 spiro atoms. The largest absolute Gasteiger partial charge is 0.483 e. The first-order valence-electron chi connectivity index (χ1n) is 9.93. The number of para-hydroxylation sites is 1. The number of ether oxygens (including phenoxy) is 1. The van der Waals surface area contributed by atoms with Crippen molar-refractivity contribution in [2.75, 3.05) is 17.7 Å². The van der Waals surface area contributed by atoms with Crippen molar-refractivity contribution < 1.29 is 14.3 Å². The van der Waals surface area contributed by atoms with E-state index in [9.17, 15) is 9.59 Å². The maximum absolute atomic E-state index is 12.0. The zero-order valence-electron chi connectivity index (χ0n) is 18.0. The van der Waals surface area contributed by atoms with Crippen LogP contribution in [0.5, 0.6) is 5.75 Å². The molecule has 3 aromatic rings. The fourth-order valence-electron chi connectivity index (χ4n) is 2.68. The molecule has 8 nitrogen and oxygen atoms in total. The summed E-state index contributed by atoms with van der Waals surface area (Å²) in [6.07, 6.45) is 1.52. The van der Waals surface area contributed by atoms with Gasteiger partial charge in [0, 0.05) is 17.1 Å². The minimum atomic E-state index is -0.262. The quantitative estimate of drug-likeness (QED) is 0.187. The van der Waals surface area contributed by atoms with Crippen LogP contribution in [0.25, 0.3) is 0 Å². The van der Waals surface area contributed by atoms with Gasteiger partial charge in [-0.2, -0.15) is 5.10 Å². The van der Waals surface area contributed by atoms with Gasteiger partial charge in [0.1, 0.15) is 5.75 Å². The molecule has 0 atom stereocenters. The fourth-order valence-corrected chi connectivity index (χ4v) is 3.93. The van der Waals surface area contributed by atoms with Crippen molar-refractivity contribution in [2.24, 2.45) is 5.10 Å². The first-order chi connectivity index (χ1) is 15.9. The second-order valence-electron chi connectivity index (χ2n) is 6.91. The number of aryl methyl sites for hydroxylation is 2. The predicted octanol–water partition coefficient (Wildman–Crippen LogP) is 4.12. The van der Waals surface area contributed by atoms with E-state index in [2.05, 4.69) is 41.7 Å². The van der Waals surface area contributed by atoms with Crippen LogP contribution in [0.4, 0.5) is 5.69 Å². The van der Waals surface area contributed by atoms with Crippen LogP contribution in [0.15, 0.2) is 69.3 Å². The number of anilines is 1. The number of hydrogen-bond acceptors (Lipinski definition) is 7. The summed E-state index contributed by atoms with van der Waals surface area (Å²) in [5.74, 6) is 0.152. The summed E-state index contributed by atoms with van der Waals surface area (Å²) in [7, 11) is 0. The first-order valence-corrected chi connectivity index (χ1v) is 11.7.